The van der Waals surface area contributed by atoms with Crippen molar-refractivity contribution >= 4 is 31.6 Å². The largest absolute Gasteiger partial charge is 0.497 e. The Morgan fingerprint density at radius 1 is 1.17 bits per heavy atom. The molecule has 8 heteroatoms. The maximum atomic E-state index is 12.5. The Balaban J connectivity index is 1.72. The molecule has 0 aliphatic heterocycles. The topological polar surface area (TPSA) is 86.5 Å². The van der Waals surface area contributed by atoms with E-state index in [0.29, 0.717) is 28.7 Å². The minimum absolute atomic E-state index is 0.0491. The van der Waals surface area contributed by atoms with Crippen molar-refractivity contribution in [2.75, 3.05) is 12.9 Å². The molecule has 0 saturated heterocycles. The van der Waals surface area contributed by atoms with Gasteiger partial charge < -0.3 is 9.15 Å². The van der Waals surface area contributed by atoms with Gasteiger partial charge in [0.05, 0.1) is 18.6 Å². The molecule has 0 saturated carbocycles. The van der Waals surface area contributed by atoms with Crippen LogP contribution in [0.2, 0.25) is 0 Å². The third kappa shape index (κ3) is 5.55. The Morgan fingerprint density at radius 3 is 2.66 bits per heavy atom. The van der Waals surface area contributed by atoms with Crippen molar-refractivity contribution in [3.8, 4) is 17.2 Å². The van der Waals surface area contributed by atoms with Crippen molar-refractivity contribution < 1.29 is 22.4 Å². The molecule has 0 aliphatic rings. The minimum atomic E-state index is -3.68. The van der Waals surface area contributed by atoms with E-state index in [0.717, 1.165) is 10.0 Å². The normalized spacial score (nSPS) is 11.4. The van der Waals surface area contributed by atoms with E-state index >= 15 is 0 Å². The molecule has 0 fully saturated rings. The molecule has 0 N–H and O–H groups in total. The quantitative estimate of drug-likeness (QED) is 0.484. The molecule has 29 heavy (non-hydrogen) atoms. The van der Waals surface area contributed by atoms with Crippen molar-refractivity contribution in [3.63, 3.8) is 0 Å². The Bertz CT molecular complexity index is 1140. The lowest BCUT2D eigenvalue weighted by Gasteiger charge is -2.05. The Hall–Kier alpha value is -2.45. The van der Waals surface area contributed by atoms with Gasteiger partial charge in [-0.2, -0.15) is 0 Å². The number of oxazole rings is 1. The van der Waals surface area contributed by atoms with Crippen LogP contribution in [0.1, 0.15) is 17.0 Å². The summed E-state index contributed by atoms with van der Waals surface area (Å²) in [7, 11) is -2.12. The highest BCUT2D eigenvalue weighted by molar-refractivity contribution is 9.10. The van der Waals surface area contributed by atoms with E-state index in [1.807, 2.05) is 12.1 Å². The highest BCUT2D eigenvalue weighted by Gasteiger charge is 2.22. The molecule has 1 aromatic heterocycles. The highest BCUT2D eigenvalue weighted by atomic mass is 79.9. The number of carbonyl (C=O) groups excluding carboxylic acids is 1. The number of hydrogen-bond donors (Lipinski definition) is 0. The number of sulfone groups is 1. The summed E-state index contributed by atoms with van der Waals surface area (Å²) in [6, 6.07) is 14.4. The number of rotatable bonds is 8. The summed E-state index contributed by atoms with van der Waals surface area (Å²) in [5.74, 6) is 0.0930. The Kier molecular flexibility index (Phi) is 6.54. The average molecular weight is 478 g/mol. The SMILES string of the molecule is COc1cccc(-c2nc(CS(=O)(=O)CC(=O)Cc3ccccc3Br)c(C)o2)c1. The molecular formula is C21H20BrNO5S. The van der Waals surface area contributed by atoms with Crippen molar-refractivity contribution in [1.82, 2.24) is 4.98 Å². The Morgan fingerprint density at radius 2 is 1.93 bits per heavy atom. The predicted molar refractivity (Wildman–Crippen MR) is 114 cm³/mol. The standard InChI is InChI=1S/C21H20BrNO5S/c1-14-20(23-21(28-14)16-7-5-8-18(11-16)27-2)13-29(25,26)12-17(24)10-15-6-3-4-9-19(15)22/h3-9,11H,10,12-13H2,1-2H3. The fraction of sp³-hybridized carbons (Fsp3) is 0.238. The van der Waals surface area contributed by atoms with E-state index in [-0.39, 0.29) is 18.0 Å². The number of aromatic nitrogens is 1. The fourth-order valence-electron chi connectivity index (χ4n) is 2.85. The predicted octanol–water partition coefficient (Wildman–Crippen LogP) is 4.15. The van der Waals surface area contributed by atoms with Gasteiger partial charge in [0.15, 0.2) is 15.6 Å². The van der Waals surface area contributed by atoms with Gasteiger partial charge in [0.2, 0.25) is 5.89 Å². The van der Waals surface area contributed by atoms with E-state index in [9.17, 15) is 13.2 Å². The van der Waals surface area contributed by atoms with Crippen LogP contribution in [-0.2, 0) is 26.8 Å². The number of carbonyl (C=O) groups is 1. The van der Waals surface area contributed by atoms with E-state index < -0.39 is 15.6 Å². The second-order valence-electron chi connectivity index (χ2n) is 6.59. The highest BCUT2D eigenvalue weighted by Crippen LogP contribution is 2.26. The zero-order chi connectivity index (χ0) is 21.0. The first-order valence-electron chi connectivity index (χ1n) is 8.83. The second kappa shape index (κ2) is 8.92. The van der Waals surface area contributed by atoms with E-state index in [2.05, 4.69) is 20.9 Å². The third-order valence-corrected chi connectivity index (χ3v) is 6.54. The zero-order valence-corrected chi connectivity index (χ0v) is 18.4. The number of nitrogens with zero attached hydrogens (tertiary/aromatic N) is 1. The van der Waals surface area contributed by atoms with Crippen LogP contribution in [-0.4, -0.2) is 32.0 Å². The molecular weight excluding hydrogens is 458 g/mol. The molecule has 3 aromatic rings. The lowest BCUT2D eigenvalue weighted by Crippen LogP contribution is -2.20. The number of hydrogen-bond acceptors (Lipinski definition) is 6. The Labute approximate surface area is 178 Å². The van der Waals surface area contributed by atoms with Crippen LogP contribution in [0.15, 0.2) is 57.4 Å². The van der Waals surface area contributed by atoms with Gasteiger partial charge in [0, 0.05) is 16.5 Å². The van der Waals surface area contributed by atoms with Crippen LogP contribution in [0.25, 0.3) is 11.5 Å². The summed E-state index contributed by atoms with van der Waals surface area (Å²) in [6.45, 7) is 1.66. The van der Waals surface area contributed by atoms with Gasteiger partial charge in [-0.1, -0.05) is 40.2 Å². The number of halogens is 1. The van der Waals surface area contributed by atoms with Crippen molar-refractivity contribution in [1.29, 1.82) is 0 Å². The molecule has 152 valence electrons. The number of aryl methyl sites for hydroxylation is 1. The summed E-state index contributed by atoms with van der Waals surface area (Å²) >= 11 is 3.37. The van der Waals surface area contributed by atoms with Gasteiger partial charge in [-0.25, -0.2) is 13.4 Å². The van der Waals surface area contributed by atoms with Crippen LogP contribution in [0, 0.1) is 6.92 Å². The van der Waals surface area contributed by atoms with Crippen molar-refractivity contribution in [2.24, 2.45) is 0 Å². The molecule has 2 aromatic carbocycles. The number of ketones is 1. The maximum absolute atomic E-state index is 12.5. The summed E-state index contributed by atoms with van der Waals surface area (Å²) in [6.07, 6.45) is 0.0491. The molecule has 0 aliphatic carbocycles. The molecule has 0 unspecified atom stereocenters. The summed E-state index contributed by atoms with van der Waals surface area (Å²) < 4.78 is 36.7. The number of Topliss-reactive ketones (excluding diaryl/α,β-unsaturated/α-hetero) is 1. The van der Waals surface area contributed by atoms with Crippen LogP contribution < -0.4 is 4.74 Å². The van der Waals surface area contributed by atoms with Gasteiger partial charge in [-0.15, -0.1) is 0 Å². The molecule has 3 rings (SSSR count). The van der Waals surface area contributed by atoms with Crippen LogP contribution >= 0.6 is 15.9 Å². The first kappa shape index (κ1) is 21.3. The van der Waals surface area contributed by atoms with Gasteiger partial charge in [0.1, 0.15) is 17.3 Å². The fourth-order valence-corrected chi connectivity index (χ4v) is 4.66. The molecule has 0 bridgehead atoms. The number of ether oxygens (including phenoxy) is 1. The van der Waals surface area contributed by atoms with Gasteiger partial charge in [-0.05, 0) is 36.8 Å². The van der Waals surface area contributed by atoms with Crippen LogP contribution in [0.5, 0.6) is 5.75 Å². The van der Waals surface area contributed by atoms with E-state index in [1.54, 1.807) is 50.4 Å². The minimum Gasteiger partial charge on any atom is -0.497 e. The molecule has 0 radical (unpaired) electrons. The maximum Gasteiger partial charge on any atom is 0.226 e. The zero-order valence-electron chi connectivity index (χ0n) is 16.0. The van der Waals surface area contributed by atoms with Crippen LogP contribution in [0.3, 0.4) is 0 Å². The molecule has 0 amide bonds. The van der Waals surface area contributed by atoms with Gasteiger partial charge >= 0.3 is 0 Å². The number of methoxy groups -OCH3 is 1. The molecule has 1 heterocycles. The lowest BCUT2D eigenvalue weighted by atomic mass is 10.1. The van der Waals surface area contributed by atoms with Crippen molar-refractivity contribution in [3.05, 3.63) is 70.0 Å². The summed E-state index contributed by atoms with van der Waals surface area (Å²) in [5.41, 5.74) is 1.74. The smallest absolute Gasteiger partial charge is 0.226 e. The first-order valence-corrected chi connectivity index (χ1v) is 11.4. The molecule has 0 spiro atoms. The monoisotopic (exact) mass is 477 g/mol. The average Bonchev–Trinajstić information content (AvgIpc) is 3.03. The molecule has 0 atom stereocenters. The summed E-state index contributed by atoms with van der Waals surface area (Å²) in [5, 5.41) is 0. The van der Waals surface area contributed by atoms with Gasteiger partial charge in [0.25, 0.3) is 0 Å². The van der Waals surface area contributed by atoms with Crippen LogP contribution in [0.4, 0.5) is 0 Å². The number of benzene rings is 2. The van der Waals surface area contributed by atoms with Gasteiger partial charge in [-0.3, -0.25) is 4.79 Å². The van der Waals surface area contributed by atoms with E-state index in [1.165, 1.54) is 0 Å². The third-order valence-electron chi connectivity index (χ3n) is 4.29. The molecule has 6 nitrogen and oxygen atoms in total. The lowest BCUT2D eigenvalue weighted by molar-refractivity contribution is -0.116. The first-order chi connectivity index (χ1) is 13.8. The second-order valence-corrected chi connectivity index (χ2v) is 9.51. The van der Waals surface area contributed by atoms with Crippen molar-refractivity contribution in [2.45, 2.75) is 19.1 Å². The summed E-state index contributed by atoms with van der Waals surface area (Å²) in [4.78, 5) is 16.6. The van der Waals surface area contributed by atoms with E-state index in [4.69, 9.17) is 9.15 Å².